The number of hydrogen-bond donors (Lipinski definition) is 0. The van der Waals surface area contributed by atoms with E-state index < -0.39 is 23.8 Å². The molecule has 0 aliphatic heterocycles. The van der Waals surface area contributed by atoms with Gasteiger partial charge in [-0.3, -0.25) is 4.79 Å². The van der Waals surface area contributed by atoms with Gasteiger partial charge in [-0.1, -0.05) is 25.0 Å². The van der Waals surface area contributed by atoms with Crippen molar-refractivity contribution in [2.45, 2.75) is 44.2 Å². The van der Waals surface area contributed by atoms with Crippen molar-refractivity contribution in [2.75, 3.05) is 19.9 Å². The van der Waals surface area contributed by atoms with Crippen molar-refractivity contribution in [1.29, 1.82) is 0 Å². The number of alkyl halides is 4. The van der Waals surface area contributed by atoms with E-state index in [2.05, 4.69) is 22.6 Å². The van der Waals surface area contributed by atoms with Gasteiger partial charge < -0.3 is 9.47 Å². The molecule has 0 amide bonds. The molecule has 1 aliphatic rings. The second-order valence-corrected chi connectivity index (χ2v) is 8.62. The maximum atomic E-state index is 12.9. The van der Waals surface area contributed by atoms with Crippen molar-refractivity contribution < 1.29 is 31.8 Å². The van der Waals surface area contributed by atoms with Crippen LogP contribution in [0.3, 0.4) is 0 Å². The lowest BCUT2D eigenvalue weighted by molar-refractivity contribution is -0.150. The number of rotatable bonds is 7. The molecule has 0 saturated heterocycles. The quantitative estimate of drug-likeness (QED) is 0.219. The summed E-state index contributed by atoms with van der Waals surface area (Å²) in [5.74, 6) is 0.0527. The first kappa shape index (κ1) is 23.8. The SMILES string of the molecule is CCOC(=O)C1(c2cc(I)c(-c3ccc(C(F)(F)F)cc3)c(OCCF)c2)CCCC1. The lowest BCUT2D eigenvalue weighted by Crippen LogP contribution is -2.35. The molecule has 3 nitrogen and oxygen atoms in total. The van der Waals surface area contributed by atoms with Gasteiger partial charge in [-0.2, -0.15) is 13.2 Å². The Hall–Kier alpha value is -1.84. The Morgan fingerprint density at radius 3 is 2.32 bits per heavy atom. The number of carbonyl (C=O) groups is 1. The largest absolute Gasteiger partial charge is 0.490 e. The molecule has 0 atom stereocenters. The average molecular weight is 550 g/mol. The first-order valence-corrected chi connectivity index (χ1v) is 11.2. The predicted molar refractivity (Wildman–Crippen MR) is 118 cm³/mol. The average Bonchev–Trinajstić information content (AvgIpc) is 3.23. The monoisotopic (exact) mass is 550 g/mol. The van der Waals surface area contributed by atoms with Gasteiger partial charge in [-0.05, 0) is 77.7 Å². The van der Waals surface area contributed by atoms with Crippen LogP contribution in [0.1, 0.15) is 43.7 Å². The molecule has 0 N–H and O–H groups in total. The molecule has 0 unspecified atom stereocenters. The third kappa shape index (κ3) is 4.99. The lowest BCUT2D eigenvalue weighted by atomic mass is 9.78. The first-order chi connectivity index (χ1) is 14.7. The number of carbonyl (C=O) groups excluding carboxylic acids is 1. The predicted octanol–water partition coefficient (Wildman–Crippen LogP) is 6.70. The van der Waals surface area contributed by atoms with E-state index in [-0.39, 0.29) is 19.2 Å². The molecule has 0 spiro atoms. The zero-order chi connectivity index (χ0) is 22.6. The van der Waals surface area contributed by atoms with E-state index in [0.717, 1.165) is 30.5 Å². The number of hydrogen-bond acceptors (Lipinski definition) is 3. The Morgan fingerprint density at radius 2 is 1.77 bits per heavy atom. The molecule has 0 bridgehead atoms. The summed E-state index contributed by atoms with van der Waals surface area (Å²) in [4.78, 5) is 12.9. The fraction of sp³-hybridized carbons (Fsp3) is 0.435. The standard InChI is InChI=1S/C23H23F4IO3/c1-2-30-21(29)22(9-3-4-10-22)17-13-18(28)20(19(14-17)31-12-11-24)15-5-7-16(8-6-15)23(25,26)27/h5-8,13-14H,2-4,9-12H2,1H3. The zero-order valence-corrected chi connectivity index (χ0v) is 19.2. The van der Waals surface area contributed by atoms with Gasteiger partial charge in [0.15, 0.2) is 0 Å². The maximum absolute atomic E-state index is 12.9. The second-order valence-electron chi connectivity index (χ2n) is 7.45. The third-order valence-corrected chi connectivity index (χ3v) is 6.42. The Bertz CT molecular complexity index is 920. The van der Waals surface area contributed by atoms with Gasteiger partial charge in [0, 0.05) is 9.13 Å². The zero-order valence-electron chi connectivity index (χ0n) is 17.0. The van der Waals surface area contributed by atoms with Gasteiger partial charge in [0.2, 0.25) is 0 Å². The number of halogens is 5. The third-order valence-electron chi connectivity index (χ3n) is 5.57. The van der Waals surface area contributed by atoms with E-state index in [0.29, 0.717) is 33.3 Å². The minimum absolute atomic E-state index is 0.195. The van der Waals surface area contributed by atoms with Crippen LogP contribution in [-0.2, 0) is 21.1 Å². The summed E-state index contributed by atoms with van der Waals surface area (Å²) in [6.45, 7) is 1.12. The van der Waals surface area contributed by atoms with Crippen LogP contribution in [0, 0.1) is 3.57 Å². The summed E-state index contributed by atoms with van der Waals surface area (Å²) < 4.78 is 63.4. The van der Waals surface area contributed by atoms with Gasteiger partial charge in [0.05, 0.1) is 17.6 Å². The van der Waals surface area contributed by atoms with Crippen LogP contribution in [0.25, 0.3) is 11.1 Å². The van der Waals surface area contributed by atoms with Gasteiger partial charge in [-0.15, -0.1) is 0 Å². The molecule has 0 heterocycles. The van der Waals surface area contributed by atoms with Crippen molar-refractivity contribution in [2.24, 2.45) is 0 Å². The first-order valence-electron chi connectivity index (χ1n) is 10.1. The molecule has 31 heavy (non-hydrogen) atoms. The Balaban J connectivity index is 2.10. The van der Waals surface area contributed by atoms with Crippen LogP contribution in [0.4, 0.5) is 17.6 Å². The molecular formula is C23H23F4IO3. The Morgan fingerprint density at radius 1 is 1.13 bits per heavy atom. The van der Waals surface area contributed by atoms with Crippen LogP contribution in [-0.4, -0.2) is 25.9 Å². The summed E-state index contributed by atoms with van der Waals surface area (Å²) >= 11 is 2.08. The second kappa shape index (κ2) is 9.75. The van der Waals surface area contributed by atoms with Gasteiger partial charge >= 0.3 is 12.1 Å². The van der Waals surface area contributed by atoms with E-state index in [4.69, 9.17) is 9.47 Å². The molecule has 1 saturated carbocycles. The summed E-state index contributed by atoms with van der Waals surface area (Å²) in [5, 5.41) is 0. The van der Waals surface area contributed by atoms with Crippen LogP contribution >= 0.6 is 22.6 Å². The highest BCUT2D eigenvalue weighted by molar-refractivity contribution is 14.1. The smallest absolute Gasteiger partial charge is 0.416 e. The number of esters is 1. The molecule has 168 valence electrons. The highest BCUT2D eigenvalue weighted by Crippen LogP contribution is 2.46. The van der Waals surface area contributed by atoms with E-state index in [9.17, 15) is 22.4 Å². The van der Waals surface area contributed by atoms with E-state index in [1.165, 1.54) is 12.1 Å². The van der Waals surface area contributed by atoms with Crippen LogP contribution in [0.2, 0.25) is 0 Å². The summed E-state index contributed by atoms with van der Waals surface area (Å²) in [6.07, 6.45) is -1.38. The van der Waals surface area contributed by atoms with Crippen LogP contribution in [0.15, 0.2) is 36.4 Å². The fourth-order valence-corrected chi connectivity index (χ4v) is 5.00. The minimum Gasteiger partial charge on any atom is -0.490 e. The van der Waals surface area contributed by atoms with Crippen molar-refractivity contribution in [3.63, 3.8) is 0 Å². The van der Waals surface area contributed by atoms with Crippen LogP contribution in [0.5, 0.6) is 5.75 Å². The highest BCUT2D eigenvalue weighted by Gasteiger charge is 2.44. The molecule has 1 aliphatic carbocycles. The number of benzene rings is 2. The van der Waals surface area contributed by atoms with Gasteiger partial charge in [-0.25, -0.2) is 4.39 Å². The molecule has 2 aromatic carbocycles. The summed E-state index contributed by atoms with van der Waals surface area (Å²) in [5.41, 5.74) is 0.291. The van der Waals surface area contributed by atoms with Crippen molar-refractivity contribution in [1.82, 2.24) is 0 Å². The lowest BCUT2D eigenvalue weighted by Gasteiger charge is -2.28. The van der Waals surface area contributed by atoms with E-state index >= 15 is 0 Å². The maximum Gasteiger partial charge on any atom is 0.416 e. The number of ether oxygens (including phenoxy) is 2. The van der Waals surface area contributed by atoms with Crippen molar-refractivity contribution in [3.05, 3.63) is 51.1 Å². The Labute approximate surface area is 192 Å². The molecule has 8 heteroatoms. The topological polar surface area (TPSA) is 35.5 Å². The van der Waals surface area contributed by atoms with Gasteiger partial charge in [0.25, 0.3) is 0 Å². The molecule has 0 radical (unpaired) electrons. The molecule has 0 aromatic heterocycles. The van der Waals surface area contributed by atoms with Crippen molar-refractivity contribution >= 4 is 28.6 Å². The molecule has 1 fully saturated rings. The molecular weight excluding hydrogens is 527 g/mol. The fourth-order valence-electron chi connectivity index (χ4n) is 4.08. The van der Waals surface area contributed by atoms with E-state index in [1.807, 2.05) is 6.07 Å². The summed E-state index contributed by atoms with van der Waals surface area (Å²) in [6, 6.07) is 8.34. The normalized spacial score (nSPS) is 15.7. The van der Waals surface area contributed by atoms with Crippen molar-refractivity contribution in [3.8, 4) is 16.9 Å². The van der Waals surface area contributed by atoms with E-state index in [1.54, 1.807) is 13.0 Å². The molecule has 3 rings (SSSR count). The van der Waals surface area contributed by atoms with Crippen LogP contribution < -0.4 is 4.74 Å². The minimum atomic E-state index is -4.43. The summed E-state index contributed by atoms with van der Waals surface area (Å²) in [7, 11) is 0. The Kier molecular flexibility index (Phi) is 7.49. The molecule has 2 aromatic rings. The highest BCUT2D eigenvalue weighted by atomic mass is 127. The van der Waals surface area contributed by atoms with Gasteiger partial charge in [0.1, 0.15) is 19.0 Å².